The number of carbonyl (C=O) groups excluding carboxylic acids is 1. The molecule has 0 saturated carbocycles. The van der Waals surface area contributed by atoms with Crippen molar-refractivity contribution in [1.82, 2.24) is 14.3 Å². The molecule has 5 rings (SSSR count). The fourth-order valence-electron chi connectivity index (χ4n) is 3.90. The van der Waals surface area contributed by atoms with Gasteiger partial charge in [-0.15, -0.1) is 0 Å². The normalized spacial score (nSPS) is 14.7. The monoisotopic (exact) mass is 532 g/mol. The number of carbonyl (C=O) groups is 1. The number of hydrogen-bond acceptors (Lipinski definition) is 6. The summed E-state index contributed by atoms with van der Waals surface area (Å²) in [5.74, 6) is 0.163. The van der Waals surface area contributed by atoms with Crippen LogP contribution in [0.15, 0.2) is 88.7 Å². The highest BCUT2D eigenvalue weighted by atomic mass is 35.5. The van der Waals surface area contributed by atoms with Gasteiger partial charge in [-0.3, -0.25) is 18.9 Å². The van der Waals surface area contributed by atoms with Gasteiger partial charge in [0.25, 0.3) is 11.5 Å². The van der Waals surface area contributed by atoms with E-state index in [9.17, 15) is 9.59 Å². The first-order valence-corrected chi connectivity index (χ1v) is 12.9. The molecule has 36 heavy (non-hydrogen) atoms. The average Bonchev–Trinajstić information content (AvgIpc) is 3.15. The zero-order chi connectivity index (χ0) is 25.1. The number of hydrogen-bond donors (Lipinski definition) is 1. The van der Waals surface area contributed by atoms with Crippen LogP contribution in [0, 0.1) is 0 Å². The van der Waals surface area contributed by atoms with Gasteiger partial charge in [0.1, 0.15) is 15.8 Å². The largest absolute Gasteiger partial charge is 0.369 e. The van der Waals surface area contributed by atoms with Gasteiger partial charge < -0.3 is 5.32 Å². The van der Waals surface area contributed by atoms with Crippen molar-refractivity contribution in [3.8, 4) is 0 Å². The zero-order valence-electron chi connectivity index (χ0n) is 19.1. The summed E-state index contributed by atoms with van der Waals surface area (Å²) in [7, 11) is 0. The van der Waals surface area contributed by atoms with Crippen LogP contribution in [0.3, 0.4) is 0 Å². The number of aromatic nitrogens is 2. The summed E-state index contributed by atoms with van der Waals surface area (Å²) in [5.41, 5.74) is 2.54. The zero-order valence-corrected chi connectivity index (χ0v) is 21.4. The lowest BCUT2D eigenvalue weighted by Gasteiger charge is -2.15. The van der Waals surface area contributed by atoms with E-state index >= 15 is 0 Å². The third-order valence-electron chi connectivity index (χ3n) is 5.75. The Bertz CT molecular complexity index is 1550. The number of halogens is 1. The summed E-state index contributed by atoms with van der Waals surface area (Å²) in [6.07, 6.45) is 4.01. The Morgan fingerprint density at radius 2 is 1.75 bits per heavy atom. The molecule has 6 nitrogen and oxygen atoms in total. The number of amides is 1. The lowest BCUT2D eigenvalue weighted by atomic mass is 10.1. The first-order chi connectivity index (χ1) is 17.5. The standard InChI is InChI=1S/C27H21ClN4O2S2/c28-21-11-5-4-10-19(21)17-32-26(34)22(36-27(32)35)16-20-24(29-14-13-18-8-2-1-3-9-18)30-23-12-6-7-15-31(23)25(20)33/h1-12,15-16,29H,13-14,17H2. The lowest BCUT2D eigenvalue weighted by Crippen LogP contribution is -2.27. The molecule has 0 spiro atoms. The number of anilines is 1. The van der Waals surface area contributed by atoms with Gasteiger partial charge in [0, 0.05) is 17.8 Å². The van der Waals surface area contributed by atoms with E-state index < -0.39 is 0 Å². The minimum atomic E-state index is -0.266. The fraction of sp³-hybridized carbons (Fsp3) is 0.111. The van der Waals surface area contributed by atoms with Crippen molar-refractivity contribution in [2.24, 2.45) is 0 Å². The molecule has 2 aromatic heterocycles. The van der Waals surface area contributed by atoms with Crippen LogP contribution in [0.25, 0.3) is 11.7 Å². The molecule has 1 aliphatic rings. The Labute approximate surface area is 222 Å². The van der Waals surface area contributed by atoms with Gasteiger partial charge in [-0.2, -0.15) is 0 Å². The summed E-state index contributed by atoms with van der Waals surface area (Å²) < 4.78 is 1.89. The Hall–Kier alpha value is -3.46. The molecular formula is C27H21ClN4O2S2. The molecule has 180 valence electrons. The number of thioether (sulfide) groups is 1. The number of thiocarbonyl (C=S) groups is 1. The number of nitrogens with zero attached hydrogens (tertiary/aromatic N) is 3. The number of benzene rings is 2. The van der Waals surface area contributed by atoms with Gasteiger partial charge in [-0.25, -0.2) is 4.98 Å². The molecule has 1 aliphatic heterocycles. The topological polar surface area (TPSA) is 66.7 Å². The number of fused-ring (bicyclic) bond motifs is 1. The molecule has 0 bridgehead atoms. The molecule has 4 aromatic rings. The van der Waals surface area contributed by atoms with Crippen molar-refractivity contribution < 1.29 is 4.79 Å². The van der Waals surface area contributed by atoms with Crippen molar-refractivity contribution in [1.29, 1.82) is 0 Å². The van der Waals surface area contributed by atoms with Crippen molar-refractivity contribution in [2.45, 2.75) is 13.0 Å². The summed E-state index contributed by atoms with van der Waals surface area (Å²) in [6.45, 7) is 0.840. The summed E-state index contributed by atoms with van der Waals surface area (Å²) in [4.78, 5) is 33.3. The molecule has 1 fully saturated rings. The SMILES string of the molecule is O=C1C(=Cc2c(NCCc3ccccc3)nc3ccccn3c2=O)SC(=S)N1Cc1ccccc1Cl. The average molecular weight is 533 g/mol. The van der Waals surface area contributed by atoms with E-state index in [0.29, 0.717) is 37.8 Å². The molecule has 2 aromatic carbocycles. The molecular weight excluding hydrogens is 512 g/mol. The molecule has 3 heterocycles. The minimum Gasteiger partial charge on any atom is -0.369 e. The van der Waals surface area contributed by atoms with Crippen LogP contribution in [0.4, 0.5) is 5.82 Å². The van der Waals surface area contributed by atoms with Gasteiger partial charge in [-0.1, -0.05) is 90.2 Å². The molecule has 0 aliphatic carbocycles. The smallest absolute Gasteiger partial charge is 0.267 e. The van der Waals surface area contributed by atoms with Crippen LogP contribution < -0.4 is 10.9 Å². The second-order valence-corrected chi connectivity index (χ2v) is 10.2. The highest BCUT2D eigenvalue weighted by molar-refractivity contribution is 8.26. The van der Waals surface area contributed by atoms with Crippen LogP contribution in [0.1, 0.15) is 16.7 Å². The molecule has 0 unspecified atom stereocenters. The second-order valence-electron chi connectivity index (χ2n) is 8.13. The highest BCUT2D eigenvalue weighted by Gasteiger charge is 2.33. The van der Waals surface area contributed by atoms with Crippen LogP contribution in [-0.4, -0.2) is 31.1 Å². The van der Waals surface area contributed by atoms with E-state index in [-0.39, 0.29) is 18.0 Å². The van der Waals surface area contributed by atoms with E-state index in [2.05, 4.69) is 22.4 Å². The highest BCUT2D eigenvalue weighted by Crippen LogP contribution is 2.34. The Kier molecular flexibility index (Phi) is 7.18. The van der Waals surface area contributed by atoms with Crippen LogP contribution in [-0.2, 0) is 17.8 Å². The Morgan fingerprint density at radius 3 is 2.56 bits per heavy atom. The van der Waals surface area contributed by atoms with Crippen LogP contribution >= 0.6 is 35.6 Å². The number of nitrogens with one attached hydrogen (secondary N) is 1. The van der Waals surface area contributed by atoms with Crippen molar-refractivity contribution >= 4 is 63.3 Å². The maximum Gasteiger partial charge on any atom is 0.267 e. The maximum atomic E-state index is 13.4. The minimum absolute atomic E-state index is 0.263. The number of rotatable bonds is 7. The predicted molar refractivity (Wildman–Crippen MR) is 150 cm³/mol. The predicted octanol–water partition coefficient (Wildman–Crippen LogP) is 5.40. The molecule has 1 N–H and O–H groups in total. The van der Waals surface area contributed by atoms with Gasteiger partial charge in [0.15, 0.2) is 0 Å². The van der Waals surface area contributed by atoms with E-state index in [1.807, 2.05) is 42.5 Å². The molecule has 1 saturated heterocycles. The molecule has 9 heteroatoms. The van der Waals surface area contributed by atoms with E-state index in [0.717, 1.165) is 12.0 Å². The quantitative estimate of drug-likeness (QED) is 0.254. The molecule has 0 radical (unpaired) electrons. The molecule has 1 amide bonds. The Morgan fingerprint density at radius 1 is 1.00 bits per heavy atom. The van der Waals surface area contributed by atoms with Crippen molar-refractivity contribution in [3.63, 3.8) is 0 Å². The third-order valence-corrected chi connectivity index (χ3v) is 7.50. The lowest BCUT2D eigenvalue weighted by molar-refractivity contribution is -0.122. The van der Waals surface area contributed by atoms with Gasteiger partial charge in [0.2, 0.25) is 0 Å². The van der Waals surface area contributed by atoms with E-state index in [1.54, 1.807) is 30.5 Å². The first-order valence-electron chi connectivity index (χ1n) is 11.3. The summed E-state index contributed by atoms with van der Waals surface area (Å²) in [6, 6.07) is 22.8. The van der Waals surface area contributed by atoms with E-state index in [1.165, 1.54) is 26.6 Å². The van der Waals surface area contributed by atoms with Crippen LogP contribution in [0.5, 0.6) is 0 Å². The van der Waals surface area contributed by atoms with Crippen molar-refractivity contribution in [2.75, 3.05) is 11.9 Å². The van der Waals surface area contributed by atoms with Gasteiger partial charge in [0.05, 0.1) is 17.0 Å². The summed E-state index contributed by atoms with van der Waals surface area (Å²) in [5, 5.41) is 3.87. The first kappa shape index (κ1) is 24.2. The van der Waals surface area contributed by atoms with Gasteiger partial charge >= 0.3 is 0 Å². The summed E-state index contributed by atoms with van der Waals surface area (Å²) >= 11 is 12.9. The number of pyridine rings is 1. The van der Waals surface area contributed by atoms with Gasteiger partial charge in [-0.05, 0) is 41.8 Å². The molecule has 0 atom stereocenters. The fourth-order valence-corrected chi connectivity index (χ4v) is 5.33. The maximum absolute atomic E-state index is 13.4. The van der Waals surface area contributed by atoms with E-state index in [4.69, 9.17) is 23.8 Å². The van der Waals surface area contributed by atoms with Crippen molar-refractivity contribution in [3.05, 3.63) is 116 Å². The third kappa shape index (κ3) is 5.06. The Balaban J connectivity index is 1.47. The van der Waals surface area contributed by atoms with Crippen LogP contribution in [0.2, 0.25) is 5.02 Å². The second kappa shape index (κ2) is 10.7.